The summed E-state index contributed by atoms with van der Waals surface area (Å²) < 4.78 is 94.1. The van der Waals surface area contributed by atoms with E-state index >= 15 is 0 Å². The molecule has 1 aliphatic rings. The van der Waals surface area contributed by atoms with E-state index in [4.69, 9.17) is 28.9 Å². The number of nitrogens with two attached hydrogens (primary N) is 1. The highest BCUT2D eigenvalue weighted by Gasteiger charge is 2.54. The number of nitrogens with zero attached hydrogens (tertiary/aromatic N) is 3. The first-order chi connectivity index (χ1) is 14.8. The fourth-order valence-electron chi connectivity index (χ4n) is 2.97. The summed E-state index contributed by atoms with van der Waals surface area (Å²) in [5.74, 6) is -1.10. The molecule has 0 aliphatic carbocycles. The van der Waals surface area contributed by atoms with Crippen LogP contribution in [0.25, 0.3) is 0 Å². The van der Waals surface area contributed by atoms with Gasteiger partial charge in [0.05, 0.1) is 32.3 Å². The SMILES string of the molecule is N#CC1C(C(F)(F)F)=C(N)N(c2c(Cl)cc(C(F)(F)F)cc2Cl)N1S(=O)c1ccccc1. The van der Waals surface area contributed by atoms with Crippen molar-refractivity contribution in [3.8, 4) is 6.07 Å². The maximum Gasteiger partial charge on any atom is 0.418 e. The Balaban J connectivity index is 2.28. The van der Waals surface area contributed by atoms with Gasteiger partial charge in [-0.2, -0.15) is 31.6 Å². The number of nitriles is 1. The lowest BCUT2D eigenvalue weighted by molar-refractivity contribution is -0.137. The van der Waals surface area contributed by atoms with Gasteiger partial charge >= 0.3 is 12.4 Å². The van der Waals surface area contributed by atoms with Crippen LogP contribution in [0.15, 0.2) is 58.8 Å². The first-order valence-corrected chi connectivity index (χ1v) is 10.2. The zero-order valence-electron chi connectivity index (χ0n) is 15.4. The van der Waals surface area contributed by atoms with E-state index in [1.165, 1.54) is 30.3 Å². The summed E-state index contributed by atoms with van der Waals surface area (Å²) >= 11 is 11.9. The number of alkyl halides is 6. The van der Waals surface area contributed by atoms with Crippen LogP contribution in [-0.4, -0.2) is 20.8 Å². The van der Waals surface area contributed by atoms with E-state index in [9.17, 15) is 35.8 Å². The summed E-state index contributed by atoms with van der Waals surface area (Å²) in [6.07, 6.45) is -9.99. The van der Waals surface area contributed by atoms with Crippen molar-refractivity contribution < 1.29 is 30.6 Å². The minimum Gasteiger partial charge on any atom is -0.384 e. The third-order valence-corrected chi connectivity index (χ3v) is 6.26. The molecule has 0 saturated heterocycles. The van der Waals surface area contributed by atoms with Crippen molar-refractivity contribution in [2.24, 2.45) is 5.73 Å². The predicted molar refractivity (Wildman–Crippen MR) is 105 cm³/mol. The molecule has 0 aromatic heterocycles. The van der Waals surface area contributed by atoms with Gasteiger partial charge < -0.3 is 5.73 Å². The molecule has 2 N–H and O–H groups in total. The van der Waals surface area contributed by atoms with Gasteiger partial charge in [0.25, 0.3) is 0 Å². The van der Waals surface area contributed by atoms with Crippen molar-refractivity contribution in [1.82, 2.24) is 4.41 Å². The van der Waals surface area contributed by atoms with E-state index in [-0.39, 0.29) is 4.90 Å². The summed E-state index contributed by atoms with van der Waals surface area (Å²) in [6, 6.07) is 7.17. The summed E-state index contributed by atoms with van der Waals surface area (Å²) in [6.45, 7) is 0. The van der Waals surface area contributed by atoms with Crippen LogP contribution in [0.5, 0.6) is 0 Å². The molecule has 0 spiro atoms. The van der Waals surface area contributed by atoms with Crippen molar-refractivity contribution in [3.05, 3.63) is 69.5 Å². The molecule has 2 aromatic rings. The third-order valence-electron chi connectivity index (χ3n) is 4.29. The number of halogens is 8. The highest BCUT2D eigenvalue weighted by atomic mass is 35.5. The molecule has 0 bridgehead atoms. The number of hydrogen-bond acceptors (Lipinski definition) is 4. The van der Waals surface area contributed by atoms with Gasteiger partial charge in [-0.15, -0.1) is 4.41 Å². The Kier molecular flexibility index (Phi) is 6.41. The second-order valence-electron chi connectivity index (χ2n) is 6.29. The molecule has 170 valence electrons. The lowest BCUT2D eigenvalue weighted by Gasteiger charge is -2.32. The Morgan fingerprint density at radius 1 is 1.00 bits per heavy atom. The summed E-state index contributed by atoms with van der Waals surface area (Å²) in [5.41, 5.74) is 2.28. The van der Waals surface area contributed by atoms with Crippen LogP contribution >= 0.6 is 23.2 Å². The minimum absolute atomic E-state index is 0.00636. The van der Waals surface area contributed by atoms with E-state index in [2.05, 4.69) is 0 Å². The van der Waals surface area contributed by atoms with Crippen LogP contribution in [0.4, 0.5) is 32.0 Å². The molecule has 2 unspecified atom stereocenters. The van der Waals surface area contributed by atoms with E-state index in [1.807, 2.05) is 0 Å². The lowest BCUT2D eigenvalue weighted by atomic mass is 10.1. The fourth-order valence-corrected chi connectivity index (χ4v) is 4.88. The molecule has 3 rings (SSSR count). The molecular weight excluding hydrogens is 505 g/mol. The Bertz CT molecular complexity index is 1120. The van der Waals surface area contributed by atoms with Gasteiger partial charge in [-0.05, 0) is 24.3 Å². The van der Waals surface area contributed by atoms with E-state index in [0.717, 1.165) is 0 Å². The minimum atomic E-state index is -5.14. The molecule has 14 heteroatoms. The molecular formula is C18H10Cl2F6N4OS. The molecule has 0 radical (unpaired) electrons. The molecule has 5 nitrogen and oxygen atoms in total. The van der Waals surface area contributed by atoms with Crippen LogP contribution < -0.4 is 10.7 Å². The average molecular weight is 515 g/mol. The van der Waals surface area contributed by atoms with Gasteiger partial charge in [0.2, 0.25) is 0 Å². The van der Waals surface area contributed by atoms with Crippen molar-refractivity contribution in [2.45, 2.75) is 23.3 Å². The summed E-state index contributed by atoms with van der Waals surface area (Å²) in [4.78, 5) is -0.00636. The van der Waals surface area contributed by atoms with Crippen molar-refractivity contribution >= 4 is 39.9 Å². The third kappa shape index (κ3) is 4.25. The zero-order chi connectivity index (χ0) is 24.0. The first-order valence-electron chi connectivity index (χ1n) is 8.38. The van der Waals surface area contributed by atoms with Crippen molar-refractivity contribution in [2.75, 3.05) is 5.01 Å². The predicted octanol–water partition coefficient (Wildman–Crippen LogP) is 5.40. The van der Waals surface area contributed by atoms with Crippen LogP contribution in [0.3, 0.4) is 0 Å². The monoisotopic (exact) mass is 514 g/mol. The Morgan fingerprint density at radius 3 is 1.97 bits per heavy atom. The number of benzene rings is 2. The van der Waals surface area contributed by atoms with Crippen LogP contribution in [-0.2, 0) is 17.2 Å². The summed E-state index contributed by atoms with van der Waals surface area (Å²) in [5, 5.41) is 8.50. The molecule has 0 amide bonds. The van der Waals surface area contributed by atoms with Crippen molar-refractivity contribution in [3.63, 3.8) is 0 Å². The van der Waals surface area contributed by atoms with Crippen LogP contribution in [0, 0.1) is 11.3 Å². The molecule has 2 atom stereocenters. The quantitative estimate of drug-likeness (QED) is 0.556. The van der Waals surface area contributed by atoms with Gasteiger partial charge in [-0.25, -0.2) is 9.22 Å². The average Bonchev–Trinajstić information content (AvgIpc) is 2.99. The Labute approximate surface area is 189 Å². The van der Waals surface area contributed by atoms with Crippen LogP contribution in [0.2, 0.25) is 10.0 Å². The normalized spacial score (nSPS) is 18.7. The smallest absolute Gasteiger partial charge is 0.384 e. The topological polar surface area (TPSA) is 73.4 Å². The molecule has 1 heterocycles. The molecule has 1 aliphatic heterocycles. The highest BCUT2D eigenvalue weighted by Crippen LogP contribution is 2.47. The Hall–Kier alpha value is -2.46. The fraction of sp³-hybridized carbons (Fsp3) is 0.167. The number of hydrogen-bond donors (Lipinski definition) is 1. The summed E-state index contributed by atoms with van der Waals surface area (Å²) in [7, 11) is -2.46. The lowest BCUT2D eigenvalue weighted by Crippen LogP contribution is -2.45. The largest absolute Gasteiger partial charge is 0.418 e. The van der Waals surface area contributed by atoms with Crippen LogP contribution in [0.1, 0.15) is 5.56 Å². The highest BCUT2D eigenvalue weighted by molar-refractivity contribution is 7.82. The first kappa shape index (κ1) is 24.2. The van der Waals surface area contributed by atoms with Gasteiger partial charge in [0.15, 0.2) is 6.04 Å². The van der Waals surface area contributed by atoms with Crippen molar-refractivity contribution in [1.29, 1.82) is 5.26 Å². The number of rotatable bonds is 3. The van der Waals surface area contributed by atoms with E-state index < -0.39 is 62.1 Å². The second-order valence-corrected chi connectivity index (χ2v) is 8.45. The number of anilines is 1. The molecule has 32 heavy (non-hydrogen) atoms. The molecule has 0 fully saturated rings. The molecule has 2 aromatic carbocycles. The second kappa shape index (κ2) is 8.47. The van der Waals surface area contributed by atoms with Gasteiger partial charge in [-0.1, -0.05) is 41.4 Å². The maximum atomic E-state index is 13.7. The van der Waals surface area contributed by atoms with Gasteiger partial charge in [-0.3, -0.25) is 0 Å². The van der Waals surface area contributed by atoms with Gasteiger partial charge in [0.1, 0.15) is 22.4 Å². The maximum absolute atomic E-state index is 13.7. The molecule has 0 saturated carbocycles. The Morgan fingerprint density at radius 2 is 1.53 bits per heavy atom. The van der Waals surface area contributed by atoms with E-state index in [0.29, 0.717) is 21.6 Å². The van der Waals surface area contributed by atoms with E-state index in [1.54, 1.807) is 6.07 Å². The van der Waals surface area contributed by atoms with Gasteiger partial charge in [0, 0.05) is 0 Å². The standard InChI is InChI=1S/C18H10Cl2F6N4OS/c19-11-6-9(17(21,22)23)7-12(20)15(11)29-16(28)14(18(24,25)26)13(8-27)30(29)32(31)10-4-2-1-3-5-10/h1-7,13H,28H2. The zero-order valence-corrected chi connectivity index (χ0v) is 17.7. The number of hydrazine groups is 1.